The molecule has 0 spiro atoms. The Labute approximate surface area is 98.8 Å². The molecule has 0 atom stereocenters. The highest BCUT2D eigenvalue weighted by Gasteiger charge is 2.05. The molecule has 0 amide bonds. The Bertz CT molecular complexity index is 594. The SMILES string of the molecule is O=C(O)c1ccccc1C#Cc1ccccn1. The topological polar surface area (TPSA) is 50.2 Å². The molecule has 2 rings (SSSR count). The van der Waals surface area contributed by atoms with Gasteiger partial charge >= 0.3 is 5.97 Å². The summed E-state index contributed by atoms with van der Waals surface area (Å²) in [5.74, 6) is 4.67. The molecule has 0 aliphatic carbocycles. The molecule has 2 aromatic rings. The maximum atomic E-state index is 10.9. The first kappa shape index (κ1) is 10.9. The number of hydrogen-bond acceptors (Lipinski definition) is 2. The fourth-order valence-electron chi connectivity index (χ4n) is 1.35. The summed E-state index contributed by atoms with van der Waals surface area (Å²) in [7, 11) is 0. The normalized spacial score (nSPS) is 9.18. The highest BCUT2D eigenvalue weighted by Crippen LogP contribution is 2.07. The number of pyridine rings is 1. The third-order valence-corrected chi connectivity index (χ3v) is 2.15. The molecular formula is C14H9NO2. The first-order valence-electron chi connectivity index (χ1n) is 5.03. The zero-order chi connectivity index (χ0) is 12.1. The van der Waals surface area contributed by atoms with Crippen molar-refractivity contribution in [3.63, 3.8) is 0 Å². The first-order valence-corrected chi connectivity index (χ1v) is 5.03. The minimum Gasteiger partial charge on any atom is -0.478 e. The van der Waals surface area contributed by atoms with Gasteiger partial charge in [0.15, 0.2) is 0 Å². The first-order chi connectivity index (χ1) is 8.27. The van der Waals surface area contributed by atoms with E-state index >= 15 is 0 Å². The van der Waals surface area contributed by atoms with Crippen LogP contribution < -0.4 is 0 Å². The molecule has 82 valence electrons. The number of carboxylic acid groups (broad SMARTS) is 1. The lowest BCUT2D eigenvalue weighted by atomic mass is 10.1. The number of nitrogens with zero attached hydrogens (tertiary/aromatic N) is 1. The fourth-order valence-corrected chi connectivity index (χ4v) is 1.35. The van der Waals surface area contributed by atoms with Crippen molar-refractivity contribution in [1.82, 2.24) is 4.98 Å². The third kappa shape index (κ3) is 2.70. The number of hydrogen-bond donors (Lipinski definition) is 1. The van der Waals surface area contributed by atoms with Gasteiger partial charge in [-0.2, -0.15) is 0 Å². The van der Waals surface area contributed by atoms with Gasteiger partial charge in [-0.25, -0.2) is 9.78 Å². The number of aromatic nitrogens is 1. The van der Waals surface area contributed by atoms with E-state index in [4.69, 9.17) is 5.11 Å². The Morgan fingerprint density at radius 1 is 1.06 bits per heavy atom. The van der Waals surface area contributed by atoms with Gasteiger partial charge < -0.3 is 5.11 Å². The van der Waals surface area contributed by atoms with Crippen molar-refractivity contribution in [2.24, 2.45) is 0 Å². The molecule has 1 N–H and O–H groups in total. The quantitative estimate of drug-likeness (QED) is 0.754. The van der Waals surface area contributed by atoms with Gasteiger partial charge in [-0.3, -0.25) is 0 Å². The summed E-state index contributed by atoms with van der Waals surface area (Å²) in [6, 6.07) is 12.1. The van der Waals surface area contributed by atoms with E-state index in [2.05, 4.69) is 16.8 Å². The standard InChI is InChI=1S/C14H9NO2/c16-14(17)13-7-2-1-5-11(13)8-9-12-6-3-4-10-15-12/h1-7,10H,(H,16,17). The van der Waals surface area contributed by atoms with Crippen LogP contribution in [0.1, 0.15) is 21.6 Å². The number of carboxylic acids is 1. The molecule has 0 saturated heterocycles. The number of carbonyl (C=O) groups is 1. The Morgan fingerprint density at radius 3 is 2.53 bits per heavy atom. The van der Waals surface area contributed by atoms with Crippen molar-refractivity contribution in [2.75, 3.05) is 0 Å². The van der Waals surface area contributed by atoms with Gasteiger partial charge in [0.25, 0.3) is 0 Å². The van der Waals surface area contributed by atoms with Gasteiger partial charge in [-0.1, -0.05) is 24.1 Å². The molecule has 3 nitrogen and oxygen atoms in total. The van der Waals surface area contributed by atoms with Crippen molar-refractivity contribution in [1.29, 1.82) is 0 Å². The predicted molar refractivity (Wildman–Crippen MR) is 63.6 cm³/mol. The highest BCUT2D eigenvalue weighted by molar-refractivity contribution is 5.90. The summed E-state index contributed by atoms with van der Waals surface area (Å²) in [5, 5.41) is 8.98. The molecular weight excluding hydrogens is 214 g/mol. The molecule has 0 saturated carbocycles. The summed E-state index contributed by atoms with van der Waals surface area (Å²) < 4.78 is 0. The zero-order valence-corrected chi connectivity index (χ0v) is 8.92. The summed E-state index contributed by atoms with van der Waals surface area (Å²) >= 11 is 0. The van der Waals surface area contributed by atoms with E-state index in [1.54, 1.807) is 36.5 Å². The molecule has 0 bridgehead atoms. The van der Waals surface area contributed by atoms with Crippen molar-refractivity contribution in [2.45, 2.75) is 0 Å². The van der Waals surface area contributed by atoms with Crippen LogP contribution in [0.15, 0.2) is 48.7 Å². The van der Waals surface area contributed by atoms with E-state index in [-0.39, 0.29) is 5.56 Å². The van der Waals surface area contributed by atoms with E-state index in [1.165, 1.54) is 6.07 Å². The van der Waals surface area contributed by atoms with E-state index in [9.17, 15) is 4.79 Å². The van der Waals surface area contributed by atoms with Crippen LogP contribution >= 0.6 is 0 Å². The number of benzene rings is 1. The van der Waals surface area contributed by atoms with Crippen LogP contribution in [-0.4, -0.2) is 16.1 Å². The van der Waals surface area contributed by atoms with E-state index < -0.39 is 5.97 Å². The summed E-state index contributed by atoms with van der Waals surface area (Å²) in [6.07, 6.45) is 1.65. The van der Waals surface area contributed by atoms with Gasteiger partial charge in [0.1, 0.15) is 5.69 Å². The summed E-state index contributed by atoms with van der Waals surface area (Å²) in [6.45, 7) is 0. The smallest absolute Gasteiger partial charge is 0.336 e. The Balaban J connectivity index is 2.38. The van der Waals surface area contributed by atoms with Gasteiger partial charge in [0.2, 0.25) is 0 Å². The summed E-state index contributed by atoms with van der Waals surface area (Å²) in [5.41, 5.74) is 1.31. The van der Waals surface area contributed by atoms with E-state index in [0.29, 0.717) is 11.3 Å². The molecule has 0 radical (unpaired) electrons. The monoisotopic (exact) mass is 223 g/mol. The van der Waals surface area contributed by atoms with Gasteiger partial charge in [0, 0.05) is 11.8 Å². The molecule has 17 heavy (non-hydrogen) atoms. The zero-order valence-electron chi connectivity index (χ0n) is 8.92. The van der Waals surface area contributed by atoms with Gasteiger partial charge in [-0.15, -0.1) is 0 Å². The van der Waals surface area contributed by atoms with Gasteiger partial charge in [-0.05, 0) is 30.2 Å². The molecule has 0 aliphatic rings. The predicted octanol–water partition coefficient (Wildman–Crippen LogP) is 2.18. The van der Waals surface area contributed by atoms with Crippen molar-refractivity contribution in [3.8, 4) is 11.8 Å². The van der Waals surface area contributed by atoms with Crippen molar-refractivity contribution in [3.05, 3.63) is 65.5 Å². The lowest BCUT2D eigenvalue weighted by molar-refractivity contribution is 0.0696. The van der Waals surface area contributed by atoms with Crippen LogP contribution in [0.5, 0.6) is 0 Å². The van der Waals surface area contributed by atoms with Crippen molar-refractivity contribution < 1.29 is 9.90 Å². The molecule has 1 aromatic heterocycles. The third-order valence-electron chi connectivity index (χ3n) is 2.15. The minimum absolute atomic E-state index is 0.205. The Hall–Kier alpha value is -2.60. The molecule has 1 heterocycles. The van der Waals surface area contributed by atoms with Crippen LogP contribution in [0, 0.1) is 11.8 Å². The highest BCUT2D eigenvalue weighted by atomic mass is 16.4. The second-order valence-corrected chi connectivity index (χ2v) is 3.32. The Morgan fingerprint density at radius 2 is 1.82 bits per heavy atom. The second-order valence-electron chi connectivity index (χ2n) is 3.32. The van der Waals surface area contributed by atoms with Crippen molar-refractivity contribution >= 4 is 5.97 Å². The molecule has 3 heteroatoms. The number of aromatic carboxylic acids is 1. The van der Waals surface area contributed by atoms with Gasteiger partial charge in [0.05, 0.1) is 5.56 Å². The molecule has 0 fully saturated rings. The number of rotatable bonds is 1. The lowest BCUT2D eigenvalue weighted by Gasteiger charge is -1.96. The van der Waals surface area contributed by atoms with E-state index in [0.717, 1.165) is 0 Å². The van der Waals surface area contributed by atoms with Crippen LogP contribution in [0.2, 0.25) is 0 Å². The molecule has 0 unspecified atom stereocenters. The van der Waals surface area contributed by atoms with E-state index in [1.807, 2.05) is 6.07 Å². The largest absolute Gasteiger partial charge is 0.478 e. The lowest BCUT2D eigenvalue weighted by Crippen LogP contribution is -1.99. The average molecular weight is 223 g/mol. The maximum Gasteiger partial charge on any atom is 0.336 e. The Kier molecular flexibility index (Phi) is 3.18. The second kappa shape index (κ2) is 4.95. The van der Waals surface area contributed by atoms with Crippen LogP contribution in [-0.2, 0) is 0 Å². The average Bonchev–Trinajstić information content (AvgIpc) is 2.38. The fraction of sp³-hybridized carbons (Fsp3) is 0. The van der Waals surface area contributed by atoms with Crippen LogP contribution in [0.4, 0.5) is 0 Å². The van der Waals surface area contributed by atoms with Crippen LogP contribution in [0.3, 0.4) is 0 Å². The minimum atomic E-state index is -0.976. The maximum absolute atomic E-state index is 10.9. The molecule has 0 aliphatic heterocycles. The summed E-state index contributed by atoms with van der Waals surface area (Å²) in [4.78, 5) is 15.0. The van der Waals surface area contributed by atoms with Crippen LogP contribution in [0.25, 0.3) is 0 Å². The molecule has 1 aromatic carbocycles.